The maximum absolute atomic E-state index is 12.7. The molecule has 2 rings (SSSR count). The normalized spacial score (nSPS) is 36.4. The van der Waals surface area contributed by atoms with Crippen molar-refractivity contribution in [3.63, 3.8) is 0 Å². The van der Waals surface area contributed by atoms with Crippen LogP contribution in [0, 0.1) is 5.41 Å². The fourth-order valence-electron chi connectivity index (χ4n) is 3.13. The Morgan fingerprint density at radius 1 is 1.33 bits per heavy atom. The van der Waals surface area contributed by atoms with Gasteiger partial charge in [-0.15, -0.1) is 0 Å². The van der Waals surface area contributed by atoms with Gasteiger partial charge >= 0.3 is 0 Å². The predicted octanol–water partition coefficient (Wildman–Crippen LogP) is 1.10. The first-order valence-electron chi connectivity index (χ1n) is 7.15. The maximum atomic E-state index is 12.7. The number of rotatable bonds is 1. The molecule has 2 heterocycles. The number of likely N-dealkylation sites (tertiary alicyclic amines) is 1. The summed E-state index contributed by atoms with van der Waals surface area (Å²) in [6.07, 6.45) is 4.19. The SMILES string of the molecule is CC1(C(=O)N2CCC(N)C(C)(C)C2)CCCCN1. The van der Waals surface area contributed by atoms with Crippen molar-refractivity contribution in [1.82, 2.24) is 10.2 Å². The van der Waals surface area contributed by atoms with Crippen molar-refractivity contribution in [2.45, 2.75) is 58.0 Å². The number of carbonyl (C=O) groups is 1. The number of hydrogen-bond donors (Lipinski definition) is 2. The molecule has 4 nitrogen and oxygen atoms in total. The first-order valence-corrected chi connectivity index (χ1v) is 7.15. The minimum absolute atomic E-state index is 0.0267. The highest BCUT2D eigenvalue weighted by Gasteiger charge is 2.42. The van der Waals surface area contributed by atoms with Crippen molar-refractivity contribution >= 4 is 5.91 Å². The van der Waals surface area contributed by atoms with Gasteiger partial charge in [0.05, 0.1) is 5.54 Å². The van der Waals surface area contributed by atoms with Crippen LogP contribution in [-0.4, -0.2) is 42.0 Å². The van der Waals surface area contributed by atoms with E-state index in [2.05, 4.69) is 26.1 Å². The molecule has 0 bridgehead atoms. The van der Waals surface area contributed by atoms with E-state index in [1.165, 1.54) is 6.42 Å². The second-order valence-electron chi connectivity index (χ2n) is 6.83. The molecule has 0 saturated carbocycles. The smallest absolute Gasteiger partial charge is 0.242 e. The van der Waals surface area contributed by atoms with Crippen LogP contribution in [0.5, 0.6) is 0 Å². The lowest BCUT2D eigenvalue weighted by Gasteiger charge is -2.46. The summed E-state index contributed by atoms with van der Waals surface area (Å²) < 4.78 is 0. The van der Waals surface area contributed by atoms with Gasteiger partial charge in [-0.25, -0.2) is 0 Å². The largest absolute Gasteiger partial charge is 0.340 e. The van der Waals surface area contributed by atoms with Gasteiger partial charge in [-0.1, -0.05) is 13.8 Å². The van der Waals surface area contributed by atoms with E-state index >= 15 is 0 Å². The summed E-state index contributed by atoms with van der Waals surface area (Å²) in [6, 6.07) is 0.202. The zero-order valence-corrected chi connectivity index (χ0v) is 12.0. The maximum Gasteiger partial charge on any atom is 0.242 e. The Bertz CT molecular complexity index is 321. The lowest BCUT2D eigenvalue weighted by Crippen LogP contribution is -2.62. The molecule has 0 radical (unpaired) electrons. The molecule has 2 fully saturated rings. The minimum atomic E-state index is -0.351. The third kappa shape index (κ3) is 2.54. The average Bonchev–Trinajstić information content (AvgIpc) is 2.32. The summed E-state index contributed by atoms with van der Waals surface area (Å²) >= 11 is 0. The van der Waals surface area contributed by atoms with Gasteiger partial charge in [0, 0.05) is 19.1 Å². The number of nitrogens with one attached hydrogen (secondary N) is 1. The van der Waals surface area contributed by atoms with Gasteiger partial charge in [0.15, 0.2) is 0 Å². The van der Waals surface area contributed by atoms with Gasteiger partial charge in [0.2, 0.25) is 5.91 Å². The Labute approximate surface area is 110 Å². The zero-order valence-electron chi connectivity index (χ0n) is 12.0. The lowest BCUT2D eigenvalue weighted by molar-refractivity contribution is -0.142. The van der Waals surface area contributed by atoms with Gasteiger partial charge in [0.1, 0.15) is 0 Å². The highest BCUT2D eigenvalue weighted by atomic mass is 16.2. The molecular weight excluding hydrogens is 226 g/mol. The Morgan fingerprint density at radius 3 is 2.61 bits per heavy atom. The molecule has 0 spiro atoms. The monoisotopic (exact) mass is 253 g/mol. The molecule has 3 N–H and O–H groups in total. The number of nitrogens with two attached hydrogens (primary N) is 1. The van der Waals surface area contributed by atoms with Gasteiger partial charge in [-0.2, -0.15) is 0 Å². The van der Waals surface area contributed by atoms with E-state index in [0.29, 0.717) is 0 Å². The summed E-state index contributed by atoms with van der Waals surface area (Å²) in [6.45, 7) is 8.92. The Kier molecular flexibility index (Phi) is 3.70. The zero-order chi connectivity index (χ0) is 13.4. The van der Waals surface area contributed by atoms with E-state index < -0.39 is 0 Å². The van der Waals surface area contributed by atoms with Gasteiger partial charge in [-0.05, 0) is 44.6 Å². The fraction of sp³-hybridized carbons (Fsp3) is 0.929. The van der Waals surface area contributed by atoms with Crippen molar-refractivity contribution in [2.24, 2.45) is 11.1 Å². The van der Waals surface area contributed by atoms with E-state index in [-0.39, 0.29) is 22.9 Å². The molecule has 104 valence electrons. The molecule has 0 aromatic rings. The third-order valence-corrected chi connectivity index (χ3v) is 4.69. The molecule has 4 heteroatoms. The Morgan fingerprint density at radius 2 is 2.06 bits per heavy atom. The Hall–Kier alpha value is -0.610. The van der Waals surface area contributed by atoms with Crippen LogP contribution < -0.4 is 11.1 Å². The third-order valence-electron chi connectivity index (χ3n) is 4.69. The fourth-order valence-corrected chi connectivity index (χ4v) is 3.13. The van der Waals surface area contributed by atoms with Crippen LogP contribution in [0.25, 0.3) is 0 Å². The molecule has 2 aliphatic heterocycles. The number of carbonyl (C=O) groups excluding carboxylic acids is 1. The van der Waals surface area contributed by atoms with Crippen molar-refractivity contribution in [3.05, 3.63) is 0 Å². The number of hydrogen-bond acceptors (Lipinski definition) is 3. The highest BCUT2D eigenvalue weighted by Crippen LogP contribution is 2.30. The lowest BCUT2D eigenvalue weighted by atomic mass is 9.78. The second-order valence-corrected chi connectivity index (χ2v) is 6.83. The molecule has 0 aliphatic carbocycles. The van der Waals surface area contributed by atoms with Crippen LogP contribution in [-0.2, 0) is 4.79 Å². The molecule has 2 saturated heterocycles. The average molecular weight is 253 g/mol. The first-order chi connectivity index (χ1) is 8.35. The molecule has 0 aromatic carbocycles. The van der Waals surface area contributed by atoms with E-state index in [4.69, 9.17) is 5.73 Å². The molecule has 0 aromatic heterocycles. The summed E-state index contributed by atoms with van der Waals surface area (Å²) in [5.74, 6) is 0.266. The number of nitrogens with zero attached hydrogens (tertiary/aromatic N) is 1. The molecule has 2 atom stereocenters. The minimum Gasteiger partial charge on any atom is -0.340 e. The van der Waals surface area contributed by atoms with Crippen molar-refractivity contribution in [2.75, 3.05) is 19.6 Å². The van der Waals surface area contributed by atoms with Gasteiger partial charge in [0.25, 0.3) is 0 Å². The Balaban J connectivity index is 2.05. The van der Waals surface area contributed by atoms with E-state index in [0.717, 1.165) is 38.9 Å². The van der Waals surface area contributed by atoms with Gasteiger partial charge < -0.3 is 16.0 Å². The second kappa shape index (κ2) is 4.82. The number of amides is 1. The van der Waals surface area contributed by atoms with Crippen LogP contribution in [0.1, 0.15) is 46.5 Å². The van der Waals surface area contributed by atoms with E-state index in [1.54, 1.807) is 0 Å². The molecular formula is C14H27N3O. The summed E-state index contributed by atoms with van der Waals surface area (Å²) in [4.78, 5) is 14.7. The van der Waals surface area contributed by atoms with E-state index in [9.17, 15) is 4.79 Å². The number of piperidine rings is 2. The summed E-state index contributed by atoms with van der Waals surface area (Å²) in [5.41, 5.74) is 5.81. The quantitative estimate of drug-likeness (QED) is 0.736. The molecule has 2 unspecified atom stereocenters. The van der Waals surface area contributed by atoms with Crippen LogP contribution in [0.2, 0.25) is 0 Å². The molecule has 1 amide bonds. The predicted molar refractivity (Wildman–Crippen MR) is 73.2 cm³/mol. The van der Waals surface area contributed by atoms with Crippen LogP contribution in [0.3, 0.4) is 0 Å². The standard InChI is InChI=1S/C14H27N3O/c1-13(2)10-17(9-6-11(13)15)12(18)14(3)7-4-5-8-16-14/h11,16H,4-10,15H2,1-3H3. The highest BCUT2D eigenvalue weighted by molar-refractivity contribution is 5.86. The first kappa shape index (κ1) is 13.8. The van der Waals surface area contributed by atoms with Crippen molar-refractivity contribution in [3.8, 4) is 0 Å². The summed E-state index contributed by atoms with van der Waals surface area (Å²) in [7, 11) is 0. The van der Waals surface area contributed by atoms with Crippen molar-refractivity contribution < 1.29 is 4.79 Å². The van der Waals surface area contributed by atoms with Crippen LogP contribution in [0.4, 0.5) is 0 Å². The van der Waals surface area contributed by atoms with E-state index in [1.807, 2.05) is 4.90 Å². The van der Waals surface area contributed by atoms with Crippen LogP contribution >= 0.6 is 0 Å². The van der Waals surface area contributed by atoms with Gasteiger partial charge in [-0.3, -0.25) is 4.79 Å². The topological polar surface area (TPSA) is 58.4 Å². The van der Waals surface area contributed by atoms with Crippen molar-refractivity contribution in [1.29, 1.82) is 0 Å². The van der Waals surface area contributed by atoms with Crippen LogP contribution in [0.15, 0.2) is 0 Å². The molecule has 2 aliphatic rings. The summed E-state index contributed by atoms with van der Waals surface area (Å²) in [5, 5.41) is 3.41. The molecule has 18 heavy (non-hydrogen) atoms.